The van der Waals surface area contributed by atoms with Gasteiger partial charge in [0.2, 0.25) is 5.76 Å². The molecule has 1 aromatic rings. The van der Waals surface area contributed by atoms with Crippen molar-refractivity contribution in [2.24, 2.45) is 0 Å². The maximum absolute atomic E-state index is 12.0. The smallest absolute Gasteiger partial charge is 0.335 e. The number of rotatable bonds is 2. The summed E-state index contributed by atoms with van der Waals surface area (Å²) in [6.07, 6.45) is 1.44. The van der Waals surface area contributed by atoms with E-state index in [1.807, 2.05) is 0 Å². The van der Waals surface area contributed by atoms with Gasteiger partial charge in [-0.05, 0) is 22.0 Å². The summed E-state index contributed by atoms with van der Waals surface area (Å²) in [6.45, 7) is 0.379. The van der Waals surface area contributed by atoms with Gasteiger partial charge in [0.1, 0.15) is 0 Å². The van der Waals surface area contributed by atoms with Gasteiger partial charge in [0.05, 0.1) is 10.7 Å². The number of aliphatic hydroxyl groups is 1. The fourth-order valence-corrected chi connectivity index (χ4v) is 2.25. The molecule has 98 valence electrons. The minimum Gasteiger partial charge on any atom is -0.479 e. The van der Waals surface area contributed by atoms with Gasteiger partial charge in [-0.15, -0.1) is 0 Å². The van der Waals surface area contributed by atoms with Crippen molar-refractivity contribution >= 4 is 27.8 Å². The number of amides is 1. The van der Waals surface area contributed by atoms with Gasteiger partial charge in [0.25, 0.3) is 5.91 Å². The molecule has 0 spiro atoms. The summed E-state index contributed by atoms with van der Waals surface area (Å²) in [7, 11) is 0. The minimum absolute atomic E-state index is 0.0202. The second-order valence-corrected chi connectivity index (χ2v) is 5.08. The SMILES string of the molecule is O=C(c1occc1Br)N1CCC(O)(C(=O)O)CC1. The Labute approximate surface area is 111 Å². The minimum atomic E-state index is -1.73. The Kier molecular flexibility index (Phi) is 3.45. The quantitative estimate of drug-likeness (QED) is 0.852. The molecule has 1 aromatic heterocycles. The predicted molar refractivity (Wildman–Crippen MR) is 64.1 cm³/mol. The second kappa shape index (κ2) is 4.74. The zero-order valence-corrected chi connectivity index (χ0v) is 11.0. The van der Waals surface area contributed by atoms with E-state index in [0.29, 0.717) is 4.47 Å². The number of hydrogen-bond donors (Lipinski definition) is 2. The molecule has 1 saturated heterocycles. The number of hydrogen-bond acceptors (Lipinski definition) is 4. The Morgan fingerprint density at radius 1 is 1.39 bits per heavy atom. The van der Waals surface area contributed by atoms with E-state index in [4.69, 9.17) is 9.52 Å². The van der Waals surface area contributed by atoms with Gasteiger partial charge < -0.3 is 19.5 Å². The van der Waals surface area contributed by atoms with E-state index in [1.165, 1.54) is 11.2 Å². The number of aliphatic carboxylic acids is 1. The lowest BCUT2D eigenvalue weighted by Crippen LogP contribution is -2.50. The molecule has 1 aliphatic heterocycles. The molecule has 0 saturated carbocycles. The molecular formula is C11H12BrNO5. The zero-order valence-electron chi connectivity index (χ0n) is 9.43. The highest BCUT2D eigenvalue weighted by molar-refractivity contribution is 9.10. The van der Waals surface area contributed by atoms with Crippen LogP contribution in [0.1, 0.15) is 23.4 Å². The van der Waals surface area contributed by atoms with E-state index in [-0.39, 0.29) is 37.6 Å². The Morgan fingerprint density at radius 2 is 2.00 bits per heavy atom. The van der Waals surface area contributed by atoms with Gasteiger partial charge in [-0.25, -0.2) is 4.79 Å². The lowest BCUT2D eigenvalue weighted by molar-refractivity contribution is -0.162. The average molecular weight is 318 g/mol. The van der Waals surface area contributed by atoms with E-state index < -0.39 is 11.6 Å². The molecule has 0 unspecified atom stereocenters. The molecule has 0 radical (unpaired) electrons. The summed E-state index contributed by atoms with van der Waals surface area (Å²) < 4.78 is 5.62. The van der Waals surface area contributed by atoms with Gasteiger partial charge >= 0.3 is 5.97 Å². The van der Waals surface area contributed by atoms with Crippen molar-refractivity contribution in [1.82, 2.24) is 4.90 Å². The highest BCUT2D eigenvalue weighted by Gasteiger charge is 2.41. The van der Waals surface area contributed by atoms with Crippen molar-refractivity contribution < 1.29 is 24.2 Å². The first-order valence-corrected chi connectivity index (χ1v) is 6.21. The van der Waals surface area contributed by atoms with Crippen LogP contribution in [-0.2, 0) is 4.79 Å². The Bertz CT molecular complexity index is 476. The number of halogens is 1. The van der Waals surface area contributed by atoms with Crippen LogP contribution in [0.4, 0.5) is 0 Å². The van der Waals surface area contributed by atoms with Crippen LogP contribution in [-0.4, -0.2) is 45.7 Å². The van der Waals surface area contributed by atoms with E-state index in [2.05, 4.69) is 15.9 Å². The van der Waals surface area contributed by atoms with Gasteiger partial charge in [-0.3, -0.25) is 4.79 Å². The summed E-state index contributed by atoms with van der Waals surface area (Å²) in [5, 5.41) is 18.6. The van der Waals surface area contributed by atoms with Crippen LogP contribution >= 0.6 is 15.9 Å². The van der Waals surface area contributed by atoms with Crippen molar-refractivity contribution in [3.63, 3.8) is 0 Å². The Balaban J connectivity index is 2.05. The number of carboxylic acids is 1. The molecule has 0 atom stereocenters. The van der Waals surface area contributed by atoms with Crippen LogP contribution < -0.4 is 0 Å². The van der Waals surface area contributed by atoms with Crippen molar-refractivity contribution in [2.75, 3.05) is 13.1 Å². The van der Waals surface area contributed by atoms with E-state index >= 15 is 0 Å². The summed E-state index contributed by atoms with van der Waals surface area (Å²) in [5.74, 6) is -1.36. The van der Waals surface area contributed by atoms with Gasteiger partial charge in [-0.1, -0.05) is 0 Å². The molecule has 2 rings (SSSR count). The first kappa shape index (κ1) is 13.1. The fourth-order valence-electron chi connectivity index (χ4n) is 1.88. The van der Waals surface area contributed by atoms with Gasteiger partial charge in [-0.2, -0.15) is 0 Å². The molecule has 6 nitrogen and oxygen atoms in total. The first-order chi connectivity index (χ1) is 8.44. The highest BCUT2D eigenvalue weighted by atomic mass is 79.9. The third kappa shape index (κ3) is 2.28. The zero-order chi connectivity index (χ0) is 13.3. The van der Waals surface area contributed by atoms with Crippen molar-refractivity contribution in [2.45, 2.75) is 18.4 Å². The number of carboxylic acid groups (broad SMARTS) is 1. The maximum atomic E-state index is 12.0. The highest BCUT2D eigenvalue weighted by Crippen LogP contribution is 2.25. The van der Waals surface area contributed by atoms with Crippen LogP contribution in [0.25, 0.3) is 0 Å². The number of piperidine rings is 1. The van der Waals surface area contributed by atoms with Crippen LogP contribution in [0, 0.1) is 0 Å². The molecule has 0 bridgehead atoms. The molecule has 7 heteroatoms. The third-order valence-corrected chi connectivity index (χ3v) is 3.71. The Hall–Kier alpha value is -1.34. The molecule has 2 heterocycles. The largest absolute Gasteiger partial charge is 0.479 e. The normalized spacial score (nSPS) is 18.7. The standard InChI is InChI=1S/C11H12BrNO5/c12-7-1-6-18-8(7)9(14)13-4-2-11(17,3-5-13)10(15)16/h1,6,17H,2-5H2,(H,15,16). The molecular weight excluding hydrogens is 306 g/mol. The Morgan fingerprint density at radius 3 is 2.44 bits per heavy atom. The second-order valence-electron chi connectivity index (χ2n) is 4.23. The summed E-state index contributed by atoms with van der Waals surface area (Å²) in [5.41, 5.74) is -1.73. The first-order valence-electron chi connectivity index (χ1n) is 5.42. The van der Waals surface area contributed by atoms with Gasteiger partial charge in [0, 0.05) is 25.9 Å². The van der Waals surface area contributed by atoms with E-state index in [9.17, 15) is 14.7 Å². The van der Waals surface area contributed by atoms with E-state index in [1.54, 1.807) is 6.07 Å². The topological polar surface area (TPSA) is 91.0 Å². The van der Waals surface area contributed by atoms with Crippen molar-refractivity contribution in [3.05, 3.63) is 22.6 Å². The lowest BCUT2D eigenvalue weighted by Gasteiger charge is -2.34. The molecule has 18 heavy (non-hydrogen) atoms. The maximum Gasteiger partial charge on any atom is 0.335 e. The molecule has 1 aliphatic rings. The van der Waals surface area contributed by atoms with Crippen LogP contribution in [0.3, 0.4) is 0 Å². The summed E-state index contributed by atoms with van der Waals surface area (Å²) in [6, 6.07) is 1.62. The van der Waals surface area contributed by atoms with Crippen molar-refractivity contribution in [3.8, 4) is 0 Å². The van der Waals surface area contributed by atoms with Crippen LogP contribution in [0.5, 0.6) is 0 Å². The molecule has 0 aromatic carbocycles. The monoisotopic (exact) mass is 317 g/mol. The number of carbonyl (C=O) groups excluding carboxylic acids is 1. The summed E-state index contributed by atoms with van der Waals surface area (Å²) >= 11 is 3.19. The lowest BCUT2D eigenvalue weighted by atomic mass is 9.91. The van der Waals surface area contributed by atoms with Gasteiger partial charge in [0.15, 0.2) is 5.60 Å². The number of furan rings is 1. The molecule has 1 amide bonds. The fraction of sp³-hybridized carbons (Fsp3) is 0.455. The third-order valence-electron chi connectivity index (χ3n) is 3.09. The van der Waals surface area contributed by atoms with E-state index in [0.717, 1.165) is 0 Å². The predicted octanol–water partition coefficient (Wildman–Crippen LogP) is 1.09. The van der Waals surface area contributed by atoms with Crippen molar-refractivity contribution in [1.29, 1.82) is 0 Å². The van der Waals surface area contributed by atoms with Crippen LogP contribution in [0.15, 0.2) is 21.2 Å². The van der Waals surface area contributed by atoms with Crippen LogP contribution in [0.2, 0.25) is 0 Å². The number of nitrogens with zero attached hydrogens (tertiary/aromatic N) is 1. The molecule has 0 aliphatic carbocycles. The average Bonchev–Trinajstić information content (AvgIpc) is 2.75. The number of likely N-dealkylation sites (tertiary alicyclic amines) is 1. The summed E-state index contributed by atoms with van der Waals surface area (Å²) in [4.78, 5) is 24.4. The molecule has 1 fully saturated rings. The molecule has 2 N–H and O–H groups in total. The number of carbonyl (C=O) groups is 2.